The fourth-order valence-electron chi connectivity index (χ4n) is 2.62. The molecule has 0 saturated heterocycles. The van der Waals surface area contributed by atoms with Gasteiger partial charge in [-0.1, -0.05) is 54.6 Å². The SMILES string of the molecule is c1ccc2c(c1)ccc1[pH]c3ccccc3c12. The highest BCUT2D eigenvalue weighted by molar-refractivity contribution is 7.44. The maximum Gasteiger partial charge on any atom is 0.00138 e. The van der Waals surface area contributed by atoms with E-state index in [2.05, 4.69) is 60.7 Å². The Morgan fingerprint density at radius 2 is 1.35 bits per heavy atom. The molecule has 17 heavy (non-hydrogen) atoms. The molecule has 4 aromatic rings. The summed E-state index contributed by atoms with van der Waals surface area (Å²) >= 11 is 0. The van der Waals surface area contributed by atoms with E-state index in [9.17, 15) is 0 Å². The van der Waals surface area contributed by atoms with Gasteiger partial charge in [0.25, 0.3) is 0 Å². The zero-order chi connectivity index (χ0) is 11.2. The molecule has 1 heteroatoms. The van der Waals surface area contributed by atoms with E-state index in [1.165, 1.54) is 31.8 Å². The molecular formula is C16H11P. The van der Waals surface area contributed by atoms with Crippen LogP contribution < -0.4 is 0 Å². The van der Waals surface area contributed by atoms with E-state index in [0.717, 1.165) is 8.19 Å². The van der Waals surface area contributed by atoms with Gasteiger partial charge in [0.15, 0.2) is 0 Å². The molecule has 80 valence electrons. The molecule has 1 unspecified atom stereocenters. The Balaban J connectivity index is 2.38. The fraction of sp³-hybridized carbons (Fsp3) is 0. The second-order valence-corrected chi connectivity index (χ2v) is 5.71. The highest BCUT2D eigenvalue weighted by Crippen LogP contribution is 2.40. The zero-order valence-corrected chi connectivity index (χ0v) is 10.3. The van der Waals surface area contributed by atoms with Gasteiger partial charge in [-0.3, -0.25) is 0 Å². The van der Waals surface area contributed by atoms with Gasteiger partial charge >= 0.3 is 0 Å². The van der Waals surface area contributed by atoms with Gasteiger partial charge < -0.3 is 0 Å². The molecule has 0 amide bonds. The summed E-state index contributed by atoms with van der Waals surface area (Å²) < 4.78 is 0. The van der Waals surface area contributed by atoms with E-state index < -0.39 is 0 Å². The first-order valence-electron chi connectivity index (χ1n) is 5.82. The Labute approximate surface area is 101 Å². The van der Waals surface area contributed by atoms with Crippen LogP contribution in [0.1, 0.15) is 0 Å². The van der Waals surface area contributed by atoms with Crippen molar-refractivity contribution in [2.45, 2.75) is 0 Å². The lowest BCUT2D eigenvalue weighted by atomic mass is 10.0. The van der Waals surface area contributed by atoms with Crippen molar-refractivity contribution in [3.8, 4) is 0 Å². The molecule has 0 radical (unpaired) electrons. The van der Waals surface area contributed by atoms with Crippen molar-refractivity contribution in [2.24, 2.45) is 0 Å². The summed E-state index contributed by atoms with van der Waals surface area (Å²) in [6, 6.07) is 22.0. The predicted octanol–water partition coefficient (Wildman–Crippen LogP) is 5.18. The van der Waals surface area contributed by atoms with Crippen molar-refractivity contribution < 1.29 is 0 Å². The summed E-state index contributed by atoms with van der Waals surface area (Å²) in [6.07, 6.45) is 0. The first-order valence-corrected chi connectivity index (χ1v) is 6.82. The molecule has 0 N–H and O–H groups in total. The molecule has 0 aliphatic carbocycles. The van der Waals surface area contributed by atoms with Gasteiger partial charge in [-0.2, -0.15) is 0 Å². The smallest absolute Gasteiger partial charge is 0.00138 e. The molecule has 0 bridgehead atoms. The highest BCUT2D eigenvalue weighted by Gasteiger charge is 2.06. The molecule has 1 heterocycles. The molecule has 1 atom stereocenters. The number of fused-ring (bicyclic) bond motifs is 5. The topological polar surface area (TPSA) is 0 Å². The average Bonchev–Trinajstić information content (AvgIpc) is 2.77. The Bertz CT molecular complexity index is 834. The average molecular weight is 234 g/mol. The quantitative estimate of drug-likeness (QED) is 0.393. The van der Waals surface area contributed by atoms with E-state index in [0.29, 0.717) is 0 Å². The zero-order valence-electron chi connectivity index (χ0n) is 9.27. The minimum Gasteiger partial charge on any atom is -0.123 e. The van der Waals surface area contributed by atoms with E-state index >= 15 is 0 Å². The van der Waals surface area contributed by atoms with Crippen molar-refractivity contribution in [3.05, 3.63) is 60.7 Å². The molecule has 0 nitrogen and oxygen atoms in total. The van der Waals surface area contributed by atoms with Gasteiger partial charge in [-0.15, -0.1) is 8.19 Å². The van der Waals surface area contributed by atoms with Crippen molar-refractivity contribution in [1.29, 1.82) is 0 Å². The van der Waals surface area contributed by atoms with Crippen molar-refractivity contribution in [3.63, 3.8) is 0 Å². The molecule has 4 rings (SSSR count). The highest BCUT2D eigenvalue weighted by atomic mass is 31.0. The maximum atomic E-state index is 2.29. The molecule has 0 saturated carbocycles. The van der Waals surface area contributed by atoms with E-state index in [1.807, 2.05) is 0 Å². The third kappa shape index (κ3) is 1.25. The van der Waals surface area contributed by atoms with Crippen LogP contribution in [0.15, 0.2) is 60.7 Å². The lowest BCUT2D eigenvalue weighted by Crippen LogP contribution is -1.72. The maximum absolute atomic E-state index is 2.29. The van der Waals surface area contributed by atoms with Gasteiger partial charge in [0.05, 0.1) is 0 Å². The fourth-order valence-corrected chi connectivity index (χ4v) is 3.99. The minimum absolute atomic E-state index is 0.814. The number of hydrogen-bond donors (Lipinski definition) is 0. The molecule has 1 aromatic heterocycles. The van der Waals surface area contributed by atoms with Crippen molar-refractivity contribution >= 4 is 40.0 Å². The van der Waals surface area contributed by atoms with Crippen LogP contribution in [-0.2, 0) is 0 Å². The number of benzene rings is 3. The molecule has 0 spiro atoms. The van der Waals surface area contributed by atoms with Crippen LogP contribution in [0.5, 0.6) is 0 Å². The van der Waals surface area contributed by atoms with Crippen molar-refractivity contribution in [2.75, 3.05) is 0 Å². The number of hydrogen-bond acceptors (Lipinski definition) is 0. The van der Waals surface area contributed by atoms with Gasteiger partial charge in [0.2, 0.25) is 0 Å². The third-order valence-electron chi connectivity index (χ3n) is 3.39. The van der Waals surface area contributed by atoms with E-state index in [4.69, 9.17) is 0 Å². The minimum atomic E-state index is 0.814. The monoisotopic (exact) mass is 234 g/mol. The molecule has 0 aliphatic rings. The Morgan fingerprint density at radius 1 is 0.588 bits per heavy atom. The van der Waals surface area contributed by atoms with Gasteiger partial charge in [-0.25, -0.2) is 0 Å². The summed E-state index contributed by atoms with van der Waals surface area (Å²) in [5, 5.41) is 8.59. The van der Waals surface area contributed by atoms with Crippen LogP contribution in [0.2, 0.25) is 0 Å². The molecule has 0 aliphatic heterocycles. The van der Waals surface area contributed by atoms with Crippen LogP contribution in [-0.4, -0.2) is 0 Å². The van der Waals surface area contributed by atoms with E-state index in [-0.39, 0.29) is 0 Å². The van der Waals surface area contributed by atoms with E-state index in [1.54, 1.807) is 0 Å². The number of rotatable bonds is 0. The summed E-state index contributed by atoms with van der Waals surface area (Å²) in [4.78, 5) is 0. The summed E-state index contributed by atoms with van der Waals surface area (Å²) in [5.41, 5.74) is 0. The summed E-state index contributed by atoms with van der Waals surface area (Å²) in [6.45, 7) is 0. The third-order valence-corrected chi connectivity index (χ3v) is 4.79. The largest absolute Gasteiger partial charge is 0.123 e. The lowest BCUT2D eigenvalue weighted by molar-refractivity contribution is 1.81. The van der Waals surface area contributed by atoms with Crippen LogP contribution in [0.4, 0.5) is 0 Å². The lowest BCUT2D eigenvalue weighted by Gasteiger charge is -2.00. The summed E-state index contributed by atoms with van der Waals surface area (Å²) in [5.74, 6) is 0. The molecular weight excluding hydrogens is 223 g/mol. The molecule has 0 fully saturated rings. The van der Waals surface area contributed by atoms with Gasteiger partial charge in [0, 0.05) is 10.5 Å². The van der Waals surface area contributed by atoms with Crippen LogP contribution >= 0.6 is 8.19 Å². The predicted molar refractivity (Wildman–Crippen MR) is 78.5 cm³/mol. The van der Waals surface area contributed by atoms with Gasteiger partial charge in [0.1, 0.15) is 0 Å². The molecule has 3 aromatic carbocycles. The second-order valence-electron chi connectivity index (χ2n) is 4.38. The van der Waals surface area contributed by atoms with Gasteiger partial charge in [-0.05, 0) is 27.3 Å². The first kappa shape index (κ1) is 9.27. The van der Waals surface area contributed by atoms with Crippen molar-refractivity contribution in [1.82, 2.24) is 0 Å². The Kier molecular flexibility index (Phi) is 1.83. The van der Waals surface area contributed by atoms with Crippen LogP contribution in [0, 0.1) is 0 Å². The Morgan fingerprint density at radius 3 is 2.29 bits per heavy atom. The van der Waals surface area contributed by atoms with Crippen LogP contribution in [0.3, 0.4) is 0 Å². The first-order chi connectivity index (χ1) is 8.43. The normalized spacial score (nSPS) is 12.0. The summed E-state index contributed by atoms with van der Waals surface area (Å²) in [7, 11) is 0.814. The van der Waals surface area contributed by atoms with Crippen LogP contribution in [0.25, 0.3) is 31.8 Å². The standard InChI is InChI=1S/C16H11P/c1-2-6-12-11(5-1)9-10-15-16(12)13-7-3-4-8-14(13)17-15/h1-10,17H. The Hall–Kier alpha value is -1.78. The second kappa shape index (κ2) is 3.35.